The highest BCUT2D eigenvalue weighted by Gasteiger charge is 2.18. The lowest BCUT2D eigenvalue weighted by molar-refractivity contribution is 0.0526. The fourth-order valence-electron chi connectivity index (χ4n) is 4.91. The summed E-state index contributed by atoms with van der Waals surface area (Å²) in [6.45, 7) is 8.33. The normalized spacial score (nSPS) is 15.9. The largest absolute Gasteiger partial charge is 0.489 e. The SMILES string of the molecule is CCOC(=O)c1ccc2[nH]cc(CCCCN3CCN(c4ccc5c(c4)C=CCO5)CC3)c2c1. The number of nitrogens with zero attached hydrogens (tertiary/aromatic N) is 2. The van der Waals surface area contributed by atoms with Crippen LogP contribution >= 0.6 is 0 Å². The minimum absolute atomic E-state index is 0.254. The number of rotatable bonds is 8. The van der Waals surface area contributed by atoms with E-state index in [1.54, 1.807) is 0 Å². The number of unbranched alkanes of at least 4 members (excludes halogenated alkanes) is 1. The van der Waals surface area contributed by atoms with Gasteiger partial charge in [-0.05, 0) is 80.8 Å². The van der Waals surface area contributed by atoms with Crippen LogP contribution in [0.3, 0.4) is 0 Å². The van der Waals surface area contributed by atoms with E-state index >= 15 is 0 Å². The average Bonchev–Trinajstić information content (AvgIpc) is 3.29. The van der Waals surface area contributed by atoms with Crippen LogP contribution in [-0.2, 0) is 11.2 Å². The van der Waals surface area contributed by atoms with Gasteiger partial charge in [-0.3, -0.25) is 4.90 Å². The van der Waals surface area contributed by atoms with Gasteiger partial charge in [-0.25, -0.2) is 4.79 Å². The number of aromatic nitrogens is 1. The van der Waals surface area contributed by atoms with E-state index < -0.39 is 0 Å². The molecule has 2 aliphatic heterocycles. The number of benzene rings is 2. The lowest BCUT2D eigenvalue weighted by Gasteiger charge is -2.36. The third-order valence-corrected chi connectivity index (χ3v) is 6.81. The molecule has 0 aliphatic carbocycles. The van der Waals surface area contributed by atoms with Crippen molar-refractivity contribution in [3.05, 3.63) is 65.4 Å². The van der Waals surface area contributed by atoms with Crippen molar-refractivity contribution >= 4 is 28.6 Å². The van der Waals surface area contributed by atoms with Gasteiger partial charge in [-0.1, -0.05) is 6.08 Å². The molecule has 178 valence electrons. The lowest BCUT2D eigenvalue weighted by atomic mass is 10.0. The molecular weight excluding hydrogens is 426 g/mol. The zero-order valence-electron chi connectivity index (χ0n) is 19.9. The molecule has 5 rings (SSSR count). The second kappa shape index (κ2) is 10.3. The number of H-pyrrole nitrogens is 1. The Kier molecular flexibility index (Phi) is 6.86. The Bertz CT molecular complexity index is 1170. The van der Waals surface area contributed by atoms with Crippen molar-refractivity contribution < 1.29 is 14.3 Å². The highest BCUT2D eigenvalue weighted by atomic mass is 16.5. The fourth-order valence-corrected chi connectivity index (χ4v) is 4.91. The van der Waals surface area contributed by atoms with Gasteiger partial charge in [0.15, 0.2) is 0 Å². The number of aryl methyl sites for hydroxylation is 1. The van der Waals surface area contributed by atoms with Crippen LogP contribution in [0.2, 0.25) is 0 Å². The van der Waals surface area contributed by atoms with Crippen LogP contribution in [0.25, 0.3) is 17.0 Å². The summed E-state index contributed by atoms with van der Waals surface area (Å²) in [6, 6.07) is 12.3. The number of hydrogen-bond donors (Lipinski definition) is 1. The number of hydrogen-bond acceptors (Lipinski definition) is 5. The van der Waals surface area contributed by atoms with E-state index in [1.165, 1.54) is 23.2 Å². The van der Waals surface area contributed by atoms with Crippen molar-refractivity contribution in [1.82, 2.24) is 9.88 Å². The van der Waals surface area contributed by atoms with Crippen molar-refractivity contribution in [2.24, 2.45) is 0 Å². The molecule has 6 heteroatoms. The minimum atomic E-state index is -0.254. The van der Waals surface area contributed by atoms with Crippen LogP contribution < -0.4 is 9.64 Å². The molecule has 2 aliphatic rings. The van der Waals surface area contributed by atoms with Crippen LogP contribution in [0, 0.1) is 0 Å². The van der Waals surface area contributed by atoms with Gasteiger partial charge in [0.2, 0.25) is 0 Å². The van der Waals surface area contributed by atoms with Gasteiger partial charge < -0.3 is 19.4 Å². The molecule has 34 heavy (non-hydrogen) atoms. The standard InChI is InChI=1S/C28H33N3O3/c1-2-33-28(32)22-8-10-26-25(19-22)23(20-29-26)6-3-4-12-30-13-15-31(16-14-30)24-9-11-27-21(18-24)7-5-17-34-27/h5,7-11,18-20,29H,2-4,6,12-17H2,1H3. The number of nitrogens with one attached hydrogen (secondary N) is 1. The first kappa shape index (κ1) is 22.5. The van der Waals surface area contributed by atoms with E-state index in [2.05, 4.69) is 51.3 Å². The predicted octanol–water partition coefficient (Wildman–Crippen LogP) is 4.90. The molecule has 1 fully saturated rings. The lowest BCUT2D eigenvalue weighted by Crippen LogP contribution is -2.46. The Balaban J connectivity index is 1.09. The number of carbonyl (C=O) groups excluding carboxylic acids is 1. The summed E-state index contributed by atoms with van der Waals surface area (Å²) in [5.41, 5.74) is 5.43. The van der Waals surface area contributed by atoms with Gasteiger partial charge >= 0.3 is 5.97 Å². The van der Waals surface area contributed by atoms with Gasteiger partial charge in [0.25, 0.3) is 0 Å². The molecule has 3 aromatic rings. The number of ether oxygens (including phenoxy) is 2. The maximum absolute atomic E-state index is 12.1. The van der Waals surface area contributed by atoms with E-state index in [0.29, 0.717) is 18.8 Å². The highest BCUT2D eigenvalue weighted by Crippen LogP contribution is 2.29. The van der Waals surface area contributed by atoms with E-state index in [-0.39, 0.29) is 5.97 Å². The van der Waals surface area contributed by atoms with E-state index in [1.807, 2.05) is 25.1 Å². The molecule has 1 N–H and O–H groups in total. The summed E-state index contributed by atoms with van der Waals surface area (Å²) in [5.74, 6) is 0.730. The quantitative estimate of drug-likeness (QED) is 0.384. The van der Waals surface area contributed by atoms with Crippen LogP contribution in [0.1, 0.15) is 41.3 Å². The summed E-state index contributed by atoms with van der Waals surface area (Å²) in [4.78, 5) is 20.5. The summed E-state index contributed by atoms with van der Waals surface area (Å²) >= 11 is 0. The van der Waals surface area contributed by atoms with Crippen molar-refractivity contribution in [1.29, 1.82) is 0 Å². The number of anilines is 1. The number of esters is 1. The van der Waals surface area contributed by atoms with Gasteiger partial charge in [-0.15, -0.1) is 0 Å². The monoisotopic (exact) mass is 459 g/mol. The first-order valence-electron chi connectivity index (χ1n) is 12.4. The second-order valence-electron chi connectivity index (χ2n) is 9.02. The molecule has 0 spiro atoms. The molecule has 2 aromatic carbocycles. The Morgan fingerprint density at radius 2 is 1.97 bits per heavy atom. The van der Waals surface area contributed by atoms with Crippen molar-refractivity contribution in [2.75, 3.05) is 50.8 Å². The first-order chi connectivity index (χ1) is 16.7. The van der Waals surface area contributed by atoms with Crippen molar-refractivity contribution in [3.63, 3.8) is 0 Å². The zero-order chi connectivity index (χ0) is 23.3. The number of fused-ring (bicyclic) bond motifs is 2. The molecule has 0 unspecified atom stereocenters. The maximum Gasteiger partial charge on any atom is 0.338 e. The van der Waals surface area contributed by atoms with Gasteiger partial charge in [-0.2, -0.15) is 0 Å². The van der Waals surface area contributed by atoms with Crippen LogP contribution in [0.15, 0.2) is 48.7 Å². The van der Waals surface area contributed by atoms with Crippen LogP contribution in [0.4, 0.5) is 5.69 Å². The van der Waals surface area contributed by atoms with E-state index in [4.69, 9.17) is 9.47 Å². The molecule has 1 aromatic heterocycles. The minimum Gasteiger partial charge on any atom is -0.489 e. The molecule has 6 nitrogen and oxygen atoms in total. The van der Waals surface area contributed by atoms with Crippen LogP contribution in [0.5, 0.6) is 5.75 Å². The van der Waals surface area contributed by atoms with Crippen LogP contribution in [-0.4, -0.2) is 61.8 Å². The number of aromatic amines is 1. The predicted molar refractivity (Wildman–Crippen MR) is 137 cm³/mol. The number of carbonyl (C=O) groups is 1. The van der Waals surface area contributed by atoms with E-state index in [0.717, 1.165) is 62.2 Å². The molecule has 0 bridgehead atoms. The summed E-state index contributed by atoms with van der Waals surface area (Å²) in [7, 11) is 0. The van der Waals surface area contributed by atoms with Gasteiger partial charge in [0.05, 0.1) is 12.2 Å². The third-order valence-electron chi connectivity index (χ3n) is 6.81. The molecule has 0 amide bonds. The molecule has 1 saturated heterocycles. The molecule has 3 heterocycles. The third kappa shape index (κ3) is 4.97. The maximum atomic E-state index is 12.1. The van der Waals surface area contributed by atoms with E-state index in [9.17, 15) is 4.79 Å². The van der Waals surface area contributed by atoms with Gasteiger partial charge in [0, 0.05) is 54.5 Å². The smallest absolute Gasteiger partial charge is 0.338 e. The highest BCUT2D eigenvalue weighted by molar-refractivity contribution is 5.95. The molecule has 0 radical (unpaired) electrons. The summed E-state index contributed by atoms with van der Waals surface area (Å²) < 4.78 is 10.8. The molecule has 0 atom stereocenters. The Morgan fingerprint density at radius 1 is 1.09 bits per heavy atom. The van der Waals surface area contributed by atoms with Crippen molar-refractivity contribution in [3.8, 4) is 5.75 Å². The van der Waals surface area contributed by atoms with Gasteiger partial charge in [0.1, 0.15) is 12.4 Å². The number of piperazine rings is 1. The molecular formula is C28H33N3O3. The second-order valence-corrected chi connectivity index (χ2v) is 9.02. The first-order valence-corrected chi connectivity index (χ1v) is 12.4. The topological polar surface area (TPSA) is 57.8 Å². The Hall–Kier alpha value is -3.25. The molecule has 0 saturated carbocycles. The Labute approximate surface area is 201 Å². The average molecular weight is 460 g/mol. The van der Waals surface area contributed by atoms with Crippen molar-refractivity contribution in [2.45, 2.75) is 26.2 Å². The fraction of sp³-hybridized carbons (Fsp3) is 0.393. The zero-order valence-corrected chi connectivity index (χ0v) is 19.9. The Morgan fingerprint density at radius 3 is 2.82 bits per heavy atom. The summed E-state index contributed by atoms with van der Waals surface area (Å²) in [6.07, 6.45) is 9.62. The summed E-state index contributed by atoms with van der Waals surface area (Å²) in [5, 5.41) is 1.13.